The van der Waals surface area contributed by atoms with Crippen molar-refractivity contribution in [2.24, 2.45) is 0 Å². The summed E-state index contributed by atoms with van der Waals surface area (Å²) in [6.45, 7) is 4.41. The first-order chi connectivity index (χ1) is 11.5. The first-order valence-electron chi connectivity index (χ1n) is 7.92. The molecule has 3 rings (SSSR count). The third-order valence-electron chi connectivity index (χ3n) is 4.08. The zero-order chi connectivity index (χ0) is 17.1. The smallest absolute Gasteiger partial charge is 0.344 e. The van der Waals surface area contributed by atoms with E-state index < -0.39 is 5.63 Å². The van der Waals surface area contributed by atoms with Crippen LogP contribution in [0.1, 0.15) is 34.5 Å². The first kappa shape index (κ1) is 16.0. The molecule has 4 heteroatoms. The summed E-state index contributed by atoms with van der Waals surface area (Å²) in [6, 6.07) is 17.0. The van der Waals surface area contributed by atoms with Crippen LogP contribution < -0.4 is 10.9 Å². The maximum Gasteiger partial charge on any atom is 0.344 e. The van der Waals surface area contributed by atoms with Gasteiger partial charge in [0, 0.05) is 6.54 Å². The molecule has 0 spiro atoms. The molecule has 122 valence electrons. The SMILES string of the molecule is Cc1ccc2cc(C(=O)NCC(C)c3ccccc3)oc(=O)c2c1. The molecule has 3 aromatic rings. The van der Waals surface area contributed by atoms with Crippen molar-refractivity contribution in [3.8, 4) is 0 Å². The molecule has 0 aliphatic heterocycles. The summed E-state index contributed by atoms with van der Waals surface area (Å²) in [7, 11) is 0. The van der Waals surface area contributed by atoms with Crippen molar-refractivity contribution < 1.29 is 9.21 Å². The molecule has 1 aromatic heterocycles. The van der Waals surface area contributed by atoms with E-state index in [9.17, 15) is 9.59 Å². The van der Waals surface area contributed by atoms with Gasteiger partial charge in [-0.3, -0.25) is 4.79 Å². The van der Waals surface area contributed by atoms with Crippen LogP contribution in [0.2, 0.25) is 0 Å². The number of aryl methyl sites for hydroxylation is 1. The topological polar surface area (TPSA) is 59.3 Å². The van der Waals surface area contributed by atoms with E-state index in [1.54, 1.807) is 12.1 Å². The molecule has 0 saturated carbocycles. The minimum Gasteiger partial charge on any atom is -0.417 e. The Kier molecular flexibility index (Phi) is 4.47. The van der Waals surface area contributed by atoms with Crippen LogP contribution in [0.3, 0.4) is 0 Å². The maximum absolute atomic E-state index is 12.3. The second kappa shape index (κ2) is 6.71. The lowest BCUT2D eigenvalue weighted by Crippen LogP contribution is -2.28. The third-order valence-corrected chi connectivity index (χ3v) is 4.08. The fourth-order valence-electron chi connectivity index (χ4n) is 2.64. The highest BCUT2D eigenvalue weighted by molar-refractivity contribution is 5.95. The summed E-state index contributed by atoms with van der Waals surface area (Å²) >= 11 is 0. The number of carbonyl (C=O) groups excluding carboxylic acids is 1. The van der Waals surface area contributed by atoms with Crippen LogP contribution in [0.4, 0.5) is 0 Å². The monoisotopic (exact) mass is 321 g/mol. The van der Waals surface area contributed by atoms with Crippen molar-refractivity contribution in [2.45, 2.75) is 19.8 Å². The summed E-state index contributed by atoms with van der Waals surface area (Å²) in [5, 5.41) is 4.03. The minimum atomic E-state index is -0.488. The summed E-state index contributed by atoms with van der Waals surface area (Å²) in [4.78, 5) is 24.4. The molecule has 1 N–H and O–H groups in total. The second-order valence-corrected chi connectivity index (χ2v) is 6.01. The molecule has 1 amide bonds. The van der Waals surface area contributed by atoms with Gasteiger partial charge in [0.25, 0.3) is 5.91 Å². The molecule has 1 atom stereocenters. The van der Waals surface area contributed by atoms with Crippen LogP contribution in [0, 0.1) is 6.92 Å². The van der Waals surface area contributed by atoms with Crippen molar-refractivity contribution in [1.29, 1.82) is 0 Å². The normalized spacial score (nSPS) is 12.1. The Morgan fingerprint density at radius 3 is 2.62 bits per heavy atom. The first-order valence-corrected chi connectivity index (χ1v) is 7.92. The van der Waals surface area contributed by atoms with E-state index in [2.05, 4.69) is 5.32 Å². The lowest BCUT2D eigenvalue weighted by Gasteiger charge is -2.12. The Labute approximate surface area is 140 Å². The summed E-state index contributed by atoms with van der Waals surface area (Å²) < 4.78 is 5.18. The molecule has 24 heavy (non-hydrogen) atoms. The van der Waals surface area contributed by atoms with Crippen LogP contribution in [0.15, 0.2) is 63.8 Å². The van der Waals surface area contributed by atoms with E-state index in [1.807, 2.05) is 56.3 Å². The van der Waals surface area contributed by atoms with Crippen molar-refractivity contribution in [3.05, 3.63) is 81.9 Å². The van der Waals surface area contributed by atoms with Gasteiger partial charge in [-0.05, 0) is 35.9 Å². The summed E-state index contributed by atoms with van der Waals surface area (Å²) in [5.41, 5.74) is 1.63. The van der Waals surface area contributed by atoms with Crippen LogP contribution in [-0.2, 0) is 0 Å². The van der Waals surface area contributed by atoms with Gasteiger partial charge in [0.1, 0.15) is 0 Å². The fourth-order valence-corrected chi connectivity index (χ4v) is 2.64. The largest absolute Gasteiger partial charge is 0.417 e. The Bertz CT molecular complexity index is 929. The number of hydrogen-bond acceptors (Lipinski definition) is 3. The Morgan fingerprint density at radius 1 is 1.12 bits per heavy atom. The number of fused-ring (bicyclic) bond motifs is 1. The molecule has 0 aliphatic rings. The molecular formula is C20H19NO3. The zero-order valence-electron chi connectivity index (χ0n) is 13.7. The predicted molar refractivity (Wildman–Crippen MR) is 94.4 cm³/mol. The average Bonchev–Trinajstić information content (AvgIpc) is 2.60. The molecule has 0 bridgehead atoms. The molecule has 0 aliphatic carbocycles. The van der Waals surface area contributed by atoms with Gasteiger partial charge >= 0.3 is 5.63 Å². The molecular weight excluding hydrogens is 302 g/mol. The lowest BCUT2D eigenvalue weighted by molar-refractivity contribution is 0.0920. The highest BCUT2D eigenvalue weighted by atomic mass is 16.4. The maximum atomic E-state index is 12.3. The fraction of sp³-hybridized carbons (Fsp3) is 0.200. The predicted octanol–water partition coefficient (Wildman–Crippen LogP) is 3.63. The van der Waals surface area contributed by atoms with Gasteiger partial charge < -0.3 is 9.73 Å². The number of carbonyl (C=O) groups is 1. The Hall–Kier alpha value is -2.88. The molecule has 0 fully saturated rings. The standard InChI is InChI=1S/C20H19NO3/c1-13-8-9-16-11-18(24-20(23)17(16)10-13)19(22)21-12-14(2)15-6-4-3-5-7-15/h3-11,14H,12H2,1-2H3,(H,21,22). The van der Waals surface area contributed by atoms with E-state index >= 15 is 0 Å². The number of benzene rings is 2. The van der Waals surface area contributed by atoms with E-state index in [1.165, 1.54) is 0 Å². The van der Waals surface area contributed by atoms with E-state index in [0.29, 0.717) is 17.3 Å². The van der Waals surface area contributed by atoms with Crippen molar-refractivity contribution >= 4 is 16.7 Å². The molecule has 2 aromatic carbocycles. The summed E-state index contributed by atoms with van der Waals surface area (Å²) in [6.07, 6.45) is 0. The van der Waals surface area contributed by atoms with Gasteiger partial charge in [0.05, 0.1) is 5.39 Å². The highest BCUT2D eigenvalue weighted by Crippen LogP contribution is 2.15. The van der Waals surface area contributed by atoms with Crippen molar-refractivity contribution in [3.63, 3.8) is 0 Å². The van der Waals surface area contributed by atoms with E-state index in [0.717, 1.165) is 11.1 Å². The van der Waals surface area contributed by atoms with Crippen molar-refractivity contribution in [2.75, 3.05) is 6.54 Å². The summed E-state index contributed by atoms with van der Waals surface area (Å²) in [5.74, 6) is -0.168. The average molecular weight is 321 g/mol. The van der Waals surface area contributed by atoms with Gasteiger partial charge in [0.15, 0.2) is 5.76 Å². The van der Waals surface area contributed by atoms with E-state index in [4.69, 9.17) is 4.42 Å². The molecule has 1 unspecified atom stereocenters. The highest BCUT2D eigenvalue weighted by Gasteiger charge is 2.14. The molecule has 1 heterocycles. The van der Waals surface area contributed by atoms with Gasteiger partial charge in [-0.2, -0.15) is 0 Å². The number of rotatable bonds is 4. The van der Waals surface area contributed by atoms with Crippen molar-refractivity contribution in [1.82, 2.24) is 5.32 Å². The number of nitrogens with one attached hydrogen (secondary N) is 1. The van der Waals surface area contributed by atoms with E-state index in [-0.39, 0.29) is 17.6 Å². The van der Waals surface area contributed by atoms with Gasteiger partial charge in [-0.15, -0.1) is 0 Å². The minimum absolute atomic E-state index is 0.0385. The zero-order valence-corrected chi connectivity index (χ0v) is 13.7. The Morgan fingerprint density at radius 2 is 1.88 bits per heavy atom. The molecule has 0 radical (unpaired) electrons. The number of amides is 1. The Balaban J connectivity index is 1.77. The van der Waals surface area contributed by atoms with Crippen LogP contribution in [-0.4, -0.2) is 12.5 Å². The lowest BCUT2D eigenvalue weighted by atomic mass is 10.0. The van der Waals surface area contributed by atoms with Crippen LogP contribution in [0.5, 0.6) is 0 Å². The van der Waals surface area contributed by atoms with Crippen LogP contribution in [0.25, 0.3) is 10.8 Å². The van der Waals surface area contributed by atoms with Crippen LogP contribution >= 0.6 is 0 Å². The molecule has 0 saturated heterocycles. The molecule has 4 nitrogen and oxygen atoms in total. The quantitative estimate of drug-likeness (QED) is 0.798. The van der Waals surface area contributed by atoms with Gasteiger partial charge in [-0.1, -0.05) is 55.0 Å². The third kappa shape index (κ3) is 3.38. The van der Waals surface area contributed by atoms with Gasteiger partial charge in [0.2, 0.25) is 0 Å². The van der Waals surface area contributed by atoms with Gasteiger partial charge in [-0.25, -0.2) is 4.79 Å². The second-order valence-electron chi connectivity index (χ2n) is 6.01. The number of hydrogen-bond donors (Lipinski definition) is 1.